The van der Waals surface area contributed by atoms with Gasteiger partial charge in [0, 0.05) is 17.4 Å². The highest BCUT2D eigenvalue weighted by molar-refractivity contribution is 8.13. The van der Waals surface area contributed by atoms with Gasteiger partial charge in [0.2, 0.25) is 11.0 Å². The average molecular weight is 793 g/mol. The van der Waals surface area contributed by atoms with Crippen LogP contribution in [0, 0.1) is 0 Å². The zero-order chi connectivity index (χ0) is 39.6. The number of carbonyl (C=O) groups is 3. The quantitative estimate of drug-likeness (QED) is 0.100. The van der Waals surface area contributed by atoms with Gasteiger partial charge in [-0.15, -0.1) is 11.8 Å². The van der Waals surface area contributed by atoms with E-state index in [4.69, 9.17) is 9.47 Å². The predicted octanol–water partition coefficient (Wildman–Crippen LogP) is 9.59. The monoisotopic (exact) mass is 792 g/mol. The Morgan fingerprint density at radius 1 is 0.649 bits per heavy atom. The van der Waals surface area contributed by atoms with Crippen LogP contribution in [0.1, 0.15) is 46.2 Å². The third-order valence-electron chi connectivity index (χ3n) is 10.2. The van der Waals surface area contributed by atoms with Crippen molar-refractivity contribution in [1.82, 2.24) is 10.6 Å². The lowest BCUT2D eigenvalue weighted by atomic mass is 9.84. The van der Waals surface area contributed by atoms with Crippen molar-refractivity contribution < 1.29 is 23.9 Å². The van der Waals surface area contributed by atoms with Crippen LogP contribution in [0.15, 0.2) is 164 Å². The fraction of sp³-hybridized carbons (Fsp3) is 0.188. The second kappa shape index (κ2) is 18.4. The second-order valence-electron chi connectivity index (χ2n) is 13.8. The van der Waals surface area contributed by atoms with Crippen molar-refractivity contribution in [3.05, 3.63) is 197 Å². The van der Waals surface area contributed by atoms with Gasteiger partial charge in [0.05, 0.1) is 17.9 Å². The summed E-state index contributed by atoms with van der Waals surface area (Å²) in [5.74, 6) is 0.709. The van der Waals surface area contributed by atoms with Crippen LogP contribution in [-0.4, -0.2) is 48.7 Å². The van der Waals surface area contributed by atoms with Crippen LogP contribution < -0.4 is 15.4 Å². The van der Waals surface area contributed by atoms with Crippen molar-refractivity contribution >= 4 is 40.6 Å². The molecule has 2 N–H and O–H groups in total. The SMILES string of the molecule is COc1ccc(C(SC[C@H](NC(=O)OCC2c3ccccc3-c3ccccc32)C(=O)N[C@@H](C)C(=O)SCc2ccccc2)(c2ccccc2)c2ccccc2)cc1. The highest BCUT2D eigenvalue weighted by Gasteiger charge is 2.39. The first-order chi connectivity index (χ1) is 27.9. The first kappa shape index (κ1) is 39.5. The van der Waals surface area contributed by atoms with Crippen molar-refractivity contribution in [3.8, 4) is 16.9 Å². The van der Waals surface area contributed by atoms with E-state index in [9.17, 15) is 14.4 Å². The lowest BCUT2D eigenvalue weighted by Gasteiger charge is -2.36. The van der Waals surface area contributed by atoms with Gasteiger partial charge >= 0.3 is 6.09 Å². The molecule has 7 rings (SSSR count). The summed E-state index contributed by atoms with van der Waals surface area (Å²) >= 11 is 2.67. The molecule has 0 fully saturated rings. The van der Waals surface area contributed by atoms with E-state index in [-0.39, 0.29) is 23.4 Å². The molecule has 0 saturated carbocycles. The van der Waals surface area contributed by atoms with Crippen LogP contribution in [0.3, 0.4) is 0 Å². The predicted molar refractivity (Wildman–Crippen MR) is 231 cm³/mol. The second-order valence-corrected chi connectivity index (χ2v) is 16.0. The molecule has 0 heterocycles. The Morgan fingerprint density at radius 3 is 1.72 bits per heavy atom. The number of carbonyl (C=O) groups excluding carboxylic acids is 3. The number of amides is 2. The summed E-state index contributed by atoms with van der Waals surface area (Å²) in [5, 5.41) is 5.63. The summed E-state index contributed by atoms with van der Waals surface area (Å²) in [6, 6.07) is 52.3. The van der Waals surface area contributed by atoms with Crippen LogP contribution in [0.4, 0.5) is 4.79 Å². The van der Waals surface area contributed by atoms with Crippen LogP contribution in [-0.2, 0) is 24.8 Å². The molecule has 2 atom stereocenters. The minimum absolute atomic E-state index is 0.0934. The lowest BCUT2D eigenvalue weighted by Crippen LogP contribution is -2.52. The smallest absolute Gasteiger partial charge is 0.407 e. The lowest BCUT2D eigenvalue weighted by molar-refractivity contribution is -0.125. The molecule has 57 heavy (non-hydrogen) atoms. The molecule has 0 radical (unpaired) electrons. The maximum Gasteiger partial charge on any atom is 0.407 e. The molecule has 0 spiro atoms. The maximum absolute atomic E-state index is 14.3. The van der Waals surface area contributed by atoms with Gasteiger partial charge in [-0.05, 0) is 63.6 Å². The van der Waals surface area contributed by atoms with Gasteiger partial charge in [-0.1, -0.05) is 163 Å². The van der Waals surface area contributed by atoms with Crippen molar-refractivity contribution in [2.45, 2.75) is 35.4 Å². The Kier molecular flexibility index (Phi) is 12.8. The van der Waals surface area contributed by atoms with Crippen LogP contribution in [0.5, 0.6) is 5.75 Å². The van der Waals surface area contributed by atoms with Crippen molar-refractivity contribution in [3.63, 3.8) is 0 Å². The summed E-state index contributed by atoms with van der Waals surface area (Å²) in [6.07, 6.45) is -0.718. The molecule has 288 valence electrons. The molecule has 9 heteroatoms. The number of thioether (sulfide) groups is 2. The van der Waals surface area contributed by atoms with Crippen LogP contribution >= 0.6 is 23.5 Å². The van der Waals surface area contributed by atoms with E-state index in [2.05, 4.69) is 59.2 Å². The van der Waals surface area contributed by atoms with E-state index in [1.54, 1.807) is 14.0 Å². The van der Waals surface area contributed by atoms with E-state index in [1.807, 2.05) is 115 Å². The molecule has 0 bridgehead atoms. The first-order valence-electron chi connectivity index (χ1n) is 18.9. The maximum atomic E-state index is 14.3. The number of benzene rings is 6. The Hall–Kier alpha value is -5.77. The summed E-state index contributed by atoms with van der Waals surface area (Å²) < 4.78 is 10.7. The molecule has 0 unspecified atom stereocenters. The topological polar surface area (TPSA) is 93.7 Å². The number of hydrogen-bond donors (Lipinski definition) is 2. The first-order valence-corrected chi connectivity index (χ1v) is 20.9. The third kappa shape index (κ3) is 8.95. The van der Waals surface area contributed by atoms with Gasteiger partial charge in [-0.25, -0.2) is 4.79 Å². The van der Waals surface area contributed by atoms with E-state index < -0.39 is 28.8 Å². The number of ether oxygens (including phenoxy) is 2. The van der Waals surface area contributed by atoms with Crippen LogP contribution in [0.2, 0.25) is 0 Å². The van der Waals surface area contributed by atoms with Crippen molar-refractivity contribution in [1.29, 1.82) is 0 Å². The zero-order valence-electron chi connectivity index (χ0n) is 31.8. The minimum Gasteiger partial charge on any atom is -0.497 e. The summed E-state index contributed by atoms with van der Waals surface area (Å²) in [6.45, 7) is 1.77. The van der Waals surface area contributed by atoms with Crippen molar-refractivity contribution in [2.75, 3.05) is 19.5 Å². The molecule has 7 nitrogen and oxygen atoms in total. The Labute approximate surface area is 342 Å². The van der Waals surface area contributed by atoms with Gasteiger partial charge in [0.15, 0.2) is 0 Å². The van der Waals surface area contributed by atoms with Gasteiger partial charge in [0.1, 0.15) is 18.4 Å². The summed E-state index contributed by atoms with van der Waals surface area (Å²) in [7, 11) is 1.63. The molecule has 0 saturated heterocycles. The van der Waals surface area contributed by atoms with Gasteiger partial charge < -0.3 is 20.1 Å². The van der Waals surface area contributed by atoms with Gasteiger partial charge in [0.25, 0.3) is 0 Å². The normalized spacial score (nSPS) is 13.1. The molecule has 0 aliphatic heterocycles. The van der Waals surface area contributed by atoms with Crippen LogP contribution in [0.25, 0.3) is 11.1 Å². The summed E-state index contributed by atoms with van der Waals surface area (Å²) in [4.78, 5) is 41.4. The number of hydrogen-bond acceptors (Lipinski definition) is 7. The average Bonchev–Trinajstić information content (AvgIpc) is 3.59. The molecule has 6 aromatic carbocycles. The number of nitrogens with one attached hydrogen (secondary N) is 2. The Balaban J connectivity index is 1.16. The largest absolute Gasteiger partial charge is 0.497 e. The Morgan fingerprint density at radius 2 is 1.16 bits per heavy atom. The summed E-state index contributed by atoms with van der Waals surface area (Å²) in [5.41, 5.74) is 8.38. The van der Waals surface area contributed by atoms with E-state index in [0.29, 0.717) is 5.75 Å². The highest BCUT2D eigenvalue weighted by atomic mass is 32.2. The fourth-order valence-electron chi connectivity index (χ4n) is 7.32. The van der Waals surface area contributed by atoms with Gasteiger partial charge in [-0.2, -0.15) is 0 Å². The third-order valence-corrected chi connectivity index (χ3v) is 13.0. The molecule has 1 aliphatic rings. The van der Waals surface area contributed by atoms with E-state index in [1.165, 1.54) is 11.8 Å². The zero-order valence-corrected chi connectivity index (χ0v) is 33.4. The fourth-order valence-corrected chi connectivity index (χ4v) is 9.69. The minimum atomic E-state index is -1.06. The molecular formula is C48H44N2O5S2. The van der Waals surface area contributed by atoms with Crippen molar-refractivity contribution in [2.24, 2.45) is 0 Å². The van der Waals surface area contributed by atoms with E-state index in [0.717, 1.165) is 62.0 Å². The standard InChI is InChI=1S/C48H44N2O5S2/c1-33(46(52)56-31-34-16-6-3-7-17-34)49-45(51)44(50-47(53)55-30-43-41-24-14-12-22-39(41)40-23-13-15-25-42(40)43)32-57-48(35-18-8-4-9-19-35,36-20-10-5-11-21-36)37-26-28-38(54-2)29-27-37/h3-29,33,43-44H,30-32H2,1-2H3,(H,49,51)(H,50,53)/t33-,44-/m0/s1. The molecule has 6 aromatic rings. The van der Waals surface area contributed by atoms with E-state index >= 15 is 0 Å². The van der Waals surface area contributed by atoms with Gasteiger partial charge in [-0.3, -0.25) is 9.59 Å². The number of rotatable bonds is 15. The molecule has 0 aromatic heterocycles. The molecule has 1 aliphatic carbocycles. The number of alkyl carbamates (subject to hydrolysis) is 1. The molecular weight excluding hydrogens is 749 g/mol. The highest BCUT2D eigenvalue weighted by Crippen LogP contribution is 2.49. The Bertz CT molecular complexity index is 2200. The molecule has 2 amide bonds. The number of fused-ring (bicyclic) bond motifs is 3. The number of methoxy groups -OCH3 is 1.